The summed E-state index contributed by atoms with van der Waals surface area (Å²) in [6.45, 7) is 11.9. The molecule has 1 aromatic heterocycles. The third-order valence-corrected chi connectivity index (χ3v) is 12.1. The number of carbonyl (C=O) groups excluding carboxylic acids is 4. The van der Waals surface area contributed by atoms with Gasteiger partial charge in [-0.1, -0.05) is 90.1 Å². The van der Waals surface area contributed by atoms with Crippen molar-refractivity contribution >= 4 is 35.3 Å². The number of aromatic amines is 1. The lowest BCUT2D eigenvalue weighted by atomic mass is 9.95. The van der Waals surface area contributed by atoms with E-state index in [2.05, 4.69) is 78.0 Å². The predicted octanol–water partition coefficient (Wildman–Crippen LogP) is 7.90. The van der Waals surface area contributed by atoms with Gasteiger partial charge in [-0.2, -0.15) is 0 Å². The van der Waals surface area contributed by atoms with E-state index in [1.165, 1.54) is 14.2 Å². The van der Waals surface area contributed by atoms with Gasteiger partial charge >= 0.3 is 12.2 Å². The average molecular weight is 794 g/mol. The van der Waals surface area contributed by atoms with Crippen LogP contribution < -0.4 is 10.6 Å². The lowest BCUT2D eigenvalue weighted by molar-refractivity contribution is -0.138. The molecule has 2 saturated heterocycles. The van der Waals surface area contributed by atoms with E-state index < -0.39 is 24.3 Å². The van der Waals surface area contributed by atoms with Crippen LogP contribution in [0.15, 0.2) is 65.9 Å². The molecule has 3 N–H and O–H groups in total. The van der Waals surface area contributed by atoms with Gasteiger partial charge in [-0.15, -0.1) is 0 Å². The van der Waals surface area contributed by atoms with Crippen LogP contribution in [-0.4, -0.2) is 93.9 Å². The summed E-state index contributed by atoms with van der Waals surface area (Å²) in [7, 11) is 2.61. The SMILES string of the molecule is CC[C@H]1CC[C@@H](C2=NC=C(c3ccc(-c4ccc(-c5cnc([C@@H]6CC[C@H](CC)N6C(=O)C(NC(=O)OC)C(C)C)[nH]5)cc4)cc3)C2)N1C(=O)[C@@H](NC(=O)OC)C(C)C. The molecule has 58 heavy (non-hydrogen) atoms. The Labute approximate surface area is 342 Å². The van der Waals surface area contributed by atoms with Gasteiger partial charge in [0, 0.05) is 30.4 Å². The number of carbonyl (C=O) groups is 4. The number of methoxy groups -OCH3 is 2. The van der Waals surface area contributed by atoms with Crippen molar-refractivity contribution in [3.63, 3.8) is 0 Å². The molecule has 0 aliphatic carbocycles. The van der Waals surface area contributed by atoms with Crippen LogP contribution in [-0.2, 0) is 19.1 Å². The highest BCUT2D eigenvalue weighted by Crippen LogP contribution is 2.39. The Morgan fingerprint density at radius 2 is 1.17 bits per heavy atom. The molecule has 6 atom stereocenters. The zero-order valence-electron chi connectivity index (χ0n) is 35.1. The molecule has 13 heteroatoms. The van der Waals surface area contributed by atoms with Gasteiger partial charge in [-0.25, -0.2) is 14.6 Å². The second-order valence-electron chi connectivity index (χ2n) is 16.3. The quantitative estimate of drug-likeness (QED) is 0.159. The number of allylic oxidation sites excluding steroid dienone is 1. The third-order valence-electron chi connectivity index (χ3n) is 12.1. The summed E-state index contributed by atoms with van der Waals surface area (Å²) in [6.07, 6.45) is 8.22. The van der Waals surface area contributed by atoms with Gasteiger partial charge in [0.15, 0.2) is 0 Å². The summed E-state index contributed by atoms with van der Waals surface area (Å²) in [6, 6.07) is 15.3. The summed E-state index contributed by atoms with van der Waals surface area (Å²) in [4.78, 5) is 69.0. The highest BCUT2D eigenvalue weighted by atomic mass is 16.5. The molecule has 4 amide bonds. The number of imidazole rings is 1. The van der Waals surface area contributed by atoms with E-state index in [1.54, 1.807) is 0 Å². The maximum Gasteiger partial charge on any atom is 0.407 e. The number of H-pyrrole nitrogens is 1. The second-order valence-corrected chi connectivity index (χ2v) is 16.3. The van der Waals surface area contributed by atoms with Gasteiger partial charge in [0.2, 0.25) is 11.8 Å². The Hall–Kier alpha value is -5.46. The number of ether oxygens (including phenoxy) is 2. The Kier molecular flexibility index (Phi) is 13.4. The van der Waals surface area contributed by atoms with E-state index in [9.17, 15) is 19.2 Å². The van der Waals surface area contributed by atoms with Crippen molar-refractivity contribution < 1.29 is 28.7 Å². The summed E-state index contributed by atoms with van der Waals surface area (Å²) in [5.74, 6) is 0.320. The summed E-state index contributed by atoms with van der Waals surface area (Å²) in [5.41, 5.74) is 7.20. The molecule has 3 aromatic rings. The van der Waals surface area contributed by atoms with Crippen molar-refractivity contribution in [1.82, 2.24) is 30.4 Å². The van der Waals surface area contributed by atoms with E-state index in [0.717, 1.165) is 83.6 Å². The molecule has 0 radical (unpaired) electrons. The highest BCUT2D eigenvalue weighted by molar-refractivity contribution is 6.04. The topological polar surface area (TPSA) is 158 Å². The Balaban J connectivity index is 1.11. The fourth-order valence-corrected chi connectivity index (χ4v) is 8.75. The summed E-state index contributed by atoms with van der Waals surface area (Å²) >= 11 is 0. The molecule has 310 valence electrons. The molecule has 2 aromatic carbocycles. The van der Waals surface area contributed by atoms with Crippen molar-refractivity contribution in [3.05, 3.63) is 72.3 Å². The fraction of sp³-hybridized carbons (Fsp3) is 0.511. The largest absolute Gasteiger partial charge is 0.453 e. The minimum atomic E-state index is -0.700. The molecule has 13 nitrogen and oxygen atoms in total. The zero-order valence-corrected chi connectivity index (χ0v) is 35.1. The molecule has 4 heterocycles. The van der Waals surface area contributed by atoms with Crippen LogP contribution in [0.25, 0.3) is 28.0 Å². The van der Waals surface area contributed by atoms with E-state index in [4.69, 9.17) is 19.5 Å². The van der Waals surface area contributed by atoms with Crippen molar-refractivity contribution in [3.8, 4) is 22.4 Å². The van der Waals surface area contributed by atoms with E-state index in [-0.39, 0.29) is 47.8 Å². The Bertz CT molecular complexity index is 2000. The first-order chi connectivity index (χ1) is 27.9. The number of aliphatic imine (C=N–C) groups is 1. The van der Waals surface area contributed by atoms with Crippen molar-refractivity contribution in [2.24, 2.45) is 16.8 Å². The van der Waals surface area contributed by atoms with Crippen molar-refractivity contribution in [2.75, 3.05) is 14.2 Å². The first kappa shape index (κ1) is 42.2. The molecular formula is C45H59N7O6. The van der Waals surface area contributed by atoms with Crippen LogP contribution >= 0.6 is 0 Å². The molecule has 3 aliphatic rings. The van der Waals surface area contributed by atoms with Crippen LogP contribution in [0.1, 0.15) is 104 Å². The van der Waals surface area contributed by atoms with Crippen molar-refractivity contribution in [2.45, 2.75) is 123 Å². The number of hydrogen-bond acceptors (Lipinski definition) is 8. The molecule has 3 aliphatic heterocycles. The Morgan fingerprint density at radius 1 is 0.707 bits per heavy atom. The molecule has 6 rings (SSSR count). The van der Waals surface area contributed by atoms with Crippen LogP contribution in [0.2, 0.25) is 0 Å². The number of alkyl carbamates (subject to hydrolysis) is 2. The smallest absolute Gasteiger partial charge is 0.407 e. The number of rotatable bonds is 13. The van der Waals surface area contributed by atoms with Crippen LogP contribution in [0, 0.1) is 11.8 Å². The minimum Gasteiger partial charge on any atom is -0.453 e. The fourth-order valence-electron chi connectivity index (χ4n) is 8.75. The number of aromatic nitrogens is 2. The average Bonchev–Trinajstić information content (AvgIpc) is 4.07. The van der Waals surface area contributed by atoms with Crippen molar-refractivity contribution in [1.29, 1.82) is 0 Å². The highest BCUT2D eigenvalue weighted by Gasteiger charge is 2.44. The third kappa shape index (κ3) is 8.83. The van der Waals surface area contributed by atoms with E-state index in [0.29, 0.717) is 6.42 Å². The predicted molar refractivity (Wildman–Crippen MR) is 225 cm³/mol. The first-order valence-corrected chi connectivity index (χ1v) is 20.7. The number of likely N-dealkylation sites (tertiary alicyclic amines) is 2. The molecule has 0 bridgehead atoms. The molecular weight excluding hydrogens is 735 g/mol. The normalized spacial score (nSPS) is 21.5. The van der Waals surface area contributed by atoms with Gasteiger partial charge in [-0.05, 0) is 78.2 Å². The standard InChI is InChI=1S/C45H59N7O6/c1-9-33-19-21-37(51(33)42(53)39(26(3)4)49-44(55)57-7)35-23-32(24-46-35)30-13-11-28(12-14-30)29-15-17-31(18-16-29)36-25-47-41(48-36)38-22-20-34(10-2)52(38)43(54)40(27(5)6)50-45(56)58-8/h11-18,24-27,33-34,37-40H,9-10,19-23H2,1-8H3,(H,47,48)(H,49,55)(H,50,56)/t33-,34-,37-,38-,39-,40?/m0/s1. The molecule has 0 spiro atoms. The van der Waals surface area contributed by atoms with E-state index >= 15 is 0 Å². The zero-order chi connectivity index (χ0) is 41.7. The monoisotopic (exact) mass is 793 g/mol. The van der Waals surface area contributed by atoms with Gasteiger partial charge < -0.3 is 34.9 Å². The van der Waals surface area contributed by atoms with Crippen LogP contribution in [0.4, 0.5) is 9.59 Å². The number of amides is 4. The molecule has 2 fully saturated rings. The van der Waals surface area contributed by atoms with E-state index in [1.807, 2.05) is 49.9 Å². The summed E-state index contributed by atoms with van der Waals surface area (Å²) in [5, 5.41) is 5.50. The second kappa shape index (κ2) is 18.4. The number of nitrogens with zero attached hydrogens (tertiary/aromatic N) is 4. The maximum atomic E-state index is 13.9. The summed E-state index contributed by atoms with van der Waals surface area (Å²) < 4.78 is 9.63. The number of hydrogen-bond donors (Lipinski definition) is 3. The minimum absolute atomic E-state index is 0.0553. The van der Waals surface area contributed by atoms with Gasteiger partial charge in [0.25, 0.3) is 0 Å². The number of benzene rings is 2. The van der Waals surface area contributed by atoms with Gasteiger partial charge in [-0.3, -0.25) is 14.6 Å². The first-order valence-electron chi connectivity index (χ1n) is 20.7. The number of nitrogens with one attached hydrogen (secondary N) is 3. The lowest BCUT2D eigenvalue weighted by Gasteiger charge is -2.34. The maximum absolute atomic E-state index is 13.9. The van der Waals surface area contributed by atoms with Crippen LogP contribution in [0.5, 0.6) is 0 Å². The lowest BCUT2D eigenvalue weighted by Crippen LogP contribution is -2.55. The van der Waals surface area contributed by atoms with Crippen LogP contribution in [0.3, 0.4) is 0 Å². The molecule has 0 saturated carbocycles. The molecule has 1 unspecified atom stereocenters. The van der Waals surface area contributed by atoms with Gasteiger partial charge in [0.05, 0.1) is 38.2 Å². The Morgan fingerprint density at radius 3 is 1.66 bits per heavy atom. The van der Waals surface area contributed by atoms with Gasteiger partial charge in [0.1, 0.15) is 17.9 Å².